The van der Waals surface area contributed by atoms with Gasteiger partial charge >= 0.3 is 0 Å². The van der Waals surface area contributed by atoms with Gasteiger partial charge in [0.05, 0.1) is 7.11 Å². The molecule has 2 N–H and O–H groups in total. The van der Waals surface area contributed by atoms with E-state index in [0.717, 1.165) is 31.6 Å². The van der Waals surface area contributed by atoms with Crippen molar-refractivity contribution in [1.82, 2.24) is 10.6 Å². The van der Waals surface area contributed by atoms with Gasteiger partial charge in [-0.25, -0.2) is 0 Å². The van der Waals surface area contributed by atoms with E-state index in [1.54, 1.807) is 7.11 Å². The Kier molecular flexibility index (Phi) is 7.36. The highest BCUT2D eigenvalue weighted by Gasteiger charge is 2.24. The Bertz CT molecular complexity index is 825. The molecule has 0 saturated carbocycles. The minimum Gasteiger partial charge on any atom is -0.493 e. The monoisotopic (exact) mass is 397 g/mol. The van der Waals surface area contributed by atoms with Gasteiger partial charge in [0.2, 0.25) is 0 Å². The smallest absolute Gasteiger partial charge is 0.257 e. The molecule has 0 saturated heterocycles. The molecule has 0 bridgehead atoms. The number of carbonyl (C=O) groups excluding carboxylic acids is 1. The Morgan fingerprint density at radius 2 is 2.03 bits per heavy atom. The van der Waals surface area contributed by atoms with Crippen LogP contribution in [0.1, 0.15) is 25.0 Å². The molecule has 29 heavy (non-hydrogen) atoms. The molecule has 1 aliphatic rings. The van der Waals surface area contributed by atoms with E-state index in [1.807, 2.05) is 25.1 Å². The van der Waals surface area contributed by atoms with Crippen LogP contribution in [-0.2, 0) is 17.8 Å². The Hall–Kier alpha value is -2.73. The lowest BCUT2D eigenvalue weighted by Crippen LogP contribution is -2.35. The Morgan fingerprint density at radius 3 is 2.83 bits per heavy atom. The zero-order valence-electron chi connectivity index (χ0n) is 17.5. The van der Waals surface area contributed by atoms with Gasteiger partial charge in [-0.3, -0.25) is 4.79 Å². The van der Waals surface area contributed by atoms with Gasteiger partial charge in [0.25, 0.3) is 5.91 Å². The molecular weight excluding hydrogens is 366 g/mol. The van der Waals surface area contributed by atoms with E-state index in [2.05, 4.69) is 46.7 Å². The number of likely N-dealkylation sites (N-methyl/N-ethyl adjacent to an activating group) is 1. The number of nitrogens with zero attached hydrogens (tertiary/aromatic N) is 1. The number of anilines is 1. The number of hydrogen-bond acceptors (Lipinski definition) is 5. The second kappa shape index (κ2) is 10.2. The molecule has 2 aromatic rings. The highest BCUT2D eigenvalue weighted by molar-refractivity contribution is 5.77. The van der Waals surface area contributed by atoms with E-state index in [-0.39, 0.29) is 12.5 Å². The molecule has 2 aromatic carbocycles. The summed E-state index contributed by atoms with van der Waals surface area (Å²) < 4.78 is 11.0. The number of rotatable bonds is 10. The molecule has 3 rings (SSSR count). The summed E-state index contributed by atoms with van der Waals surface area (Å²) in [7, 11) is 1.61. The van der Waals surface area contributed by atoms with Crippen molar-refractivity contribution in [2.24, 2.45) is 0 Å². The van der Waals surface area contributed by atoms with Crippen molar-refractivity contribution in [3.8, 4) is 11.5 Å². The van der Waals surface area contributed by atoms with Gasteiger partial charge in [-0.15, -0.1) is 0 Å². The van der Waals surface area contributed by atoms with E-state index in [9.17, 15) is 4.79 Å². The van der Waals surface area contributed by atoms with Crippen molar-refractivity contribution >= 4 is 11.6 Å². The summed E-state index contributed by atoms with van der Waals surface area (Å²) in [6, 6.07) is 15.0. The van der Waals surface area contributed by atoms with Crippen LogP contribution in [0, 0.1) is 0 Å². The maximum absolute atomic E-state index is 11.6. The van der Waals surface area contributed by atoms with E-state index in [1.165, 1.54) is 11.3 Å². The van der Waals surface area contributed by atoms with Crippen molar-refractivity contribution in [1.29, 1.82) is 0 Å². The first-order valence-electron chi connectivity index (χ1n) is 10.2. The minimum absolute atomic E-state index is 0.0166. The van der Waals surface area contributed by atoms with Crippen molar-refractivity contribution < 1.29 is 14.3 Å². The maximum atomic E-state index is 11.6. The van der Waals surface area contributed by atoms with E-state index < -0.39 is 0 Å². The second-order valence-corrected chi connectivity index (χ2v) is 7.28. The van der Waals surface area contributed by atoms with Gasteiger partial charge in [0.1, 0.15) is 0 Å². The number of fused-ring (bicyclic) bond motifs is 1. The lowest BCUT2D eigenvalue weighted by molar-refractivity contribution is -0.123. The predicted octanol–water partition coefficient (Wildman–Crippen LogP) is 2.75. The number of amides is 1. The van der Waals surface area contributed by atoms with Crippen LogP contribution in [0.2, 0.25) is 0 Å². The van der Waals surface area contributed by atoms with Gasteiger partial charge in [-0.1, -0.05) is 24.3 Å². The summed E-state index contributed by atoms with van der Waals surface area (Å²) in [5.74, 6) is 1.07. The first-order chi connectivity index (χ1) is 14.1. The van der Waals surface area contributed by atoms with Gasteiger partial charge in [0.15, 0.2) is 18.1 Å². The van der Waals surface area contributed by atoms with Crippen LogP contribution in [0.15, 0.2) is 42.5 Å². The van der Waals surface area contributed by atoms with Crippen LogP contribution in [0.3, 0.4) is 0 Å². The fourth-order valence-electron chi connectivity index (χ4n) is 3.74. The summed E-state index contributed by atoms with van der Waals surface area (Å²) in [6.07, 6.45) is 1.12. The fourth-order valence-corrected chi connectivity index (χ4v) is 3.74. The number of nitrogens with one attached hydrogen (secondary N) is 2. The molecular formula is C23H31N3O3. The Balaban J connectivity index is 1.49. The molecule has 1 atom stereocenters. The zero-order valence-corrected chi connectivity index (χ0v) is 17.5. The van der Waals surface area contributed by atoms with Gasteiger partial charge in [0, 0.05) is 37.9 Å². The molecule has 1 heterocycles. The highest BCUT2D eigenvalue weighted by atomic mass is 16.5. The van der Waals surface area contributed by atoms with Crippen molar-refractivity contribution in [3.05, 3.63) is 53.6 Å². The molecule has 0 radical (unpaired) electrons. The van der Waals surface area contributed by atoms with E-state index in [0.29, 0.717) is 24.1 Å². The van der Waals surface area contributed by atoms with Crippen LogP contribution < -0.4 is 25.0 Å². The number of benzene rings is 2. The highest BCUT2D eigenvalue weighted by Crippen LogP contribution is 2.31. The third kappa shape index (κ3) is 5.41. The topological polar surface area (TPSA) is 62.8 Å². The van der Waals surface area contributed by atoms with Gasteiger partial charge < -0.3 is 25.0 Å². The summed E-state index contributed by atoms with van der Waals surface area (Å²) in [6.45, 7) is 7.35. The number of methoxy groups -OCH3 is 1. The zero-order chi connectivity index (χ0) is 20.6. The predicted molar refractivity (Wildman–Crippen MR) is 116 cm³/mol. The summed E-state index contributed by atoms with van der Waals surface area (Å²) in [4.78, 5) is 14.0. The maximum Gasteiger partial charge on any atom is 0.257 e. The van der Waals surface area contributed by atoms with Crippen molar-refractivity contribution in [2.45, 2.75) is 32.9 Å². The number of carbonyl (C=O) groups is 1. The first-order valence-corrected chi connectivity index (χ1v) is 10.2. The van der Waals surface area contributed by atoms with Crippen molar-refractivity contribution in [2.75, 3.05) is 38.3 Å². The van der Waals surface area contributed by atoms with Crippen LogP contribution in [-0.4, -0.2) is 45.3 Å². The summed E-state index contributed by atoms with van der Waals surface area (Å²) in [5.41, 5.74) is 3.91. The number of ether oxygens (including phenoxy) is 2. The second-order valence-electron chi connectivity index (χ2n) is 7.28. The summed E-state index contributed by atoms with van der Waals surface area (Å²) >= 11 is 0. The lowest BCUT2D eigenvalue weighted by Gasteiger charge is -2.25. The SMILES string of the molecule is CCNC(=O)COc1ccc(CNCCN2c3ccccc3CC2C)cc1OC. The molecule has 0 spiro atoms. The Labute approximate surface area is 173 Å². The van der Waals surface area contributed by atoms with Crippen LogP contribution in [0.5, 0.6) is 11.5 Å². The van der Waals surface area contributed by atoms with Gasteiger partial charge in [-0.05, 0) is 49.6 Å². The molecule has 6 nitrogen and oxygen atoms in total. The number of para-hydroxylation sites is 1. The van der Waals surface area contributed by atoms with Crippen LogP contribution >= 0.6 is 0 Å². The third-order valence-electron chi connectivity index (χ3n) is 5.17. The van der Waals surface area contributed by atoms with E-state index in [4.69, 9.17) is 9.47 Å². The molecule has 156 valence electrons. The van der Waals surface area contributed by atoms with Crippen LogP contribution in [0.25, 0.3) is 0 Å². The Morgan fingerprint density at radius 1 is 1.21 bits per heavy atom. The molecule has 1 amide bonds. The fraction of sp³-hybridized carbons (Fsp3) is 0.435. The standard InChI is InChI=1S/C23H31N3O3/c1-4-25-23(27)16-29-21-10-9-18(14-22(21)28-3)15-24-11-12-26-17(2)13-19-7-5-6-8-20(19)26/h5-10,14,17,24H,4,11-13,15-16H2,1-3H3,(H,25,27). The average molecular weight is 398 g/mol. The third-order valence-corrected chi connectivity index (χ3v) is 5.17. The molecule has 1 aliphatic heterocycles. The lowest BCUT2D eigenvalue weighted by atomic mass is 10.1. The molecule has 0 aliphatic carbocycles. The molecule has 0 aromatic heterocycles. The molecule has 1 unspecified atom stereocenters. The van der Waals surface area contributed by atoms with Crippen molar-refractivity contribution in [3.63, 3.8) is 0 Å². The average Bonchev–Trinajstić information content (AvgIpc) is 3.05. The largest absolute Gasteiger partial charge is 0.493 e. The quantitative estimate of drug-likeness (QED) is 0.604. The van der Waals surface area contributed by atoms with E-state index >= 15 is 0 Å². The van der Waals surface area contributed by atoms with Gasteiger partial charge in [-0.2, -0.15) is 0 Å². The first kappa shape index (κ1) is 21.0. The number of hydrogen-bond donors (Lipinski definition) is 2. The minimum atomic E-state index is -0.141. The molecule has 0 fully saturated rings. The normalized spacial score (nSPS) is 15.1. The summed E-state index contributed by atoms with van der Waals surface area (Å²) in [5, 5.41) is 6.23. The van der Waals surface area contributed by atoms with Crippen LogP contribution in [0.4, 0.5) is 5.69 Å². The molecule has 6 heteroatoms.